The van der Waals surface area contributed by atoms with E-state index in [2.05, 4.69) is 0 Å². The number of aliphatic hydroxyl groups excluding tert-OH is 1. The molecular weight excluding hydrogens is 108 g/mol. The van der Waals surface area contributed by atoms with Crippen molar-refractivity contribution in [1.29, 1.82) is 0 Å². The second-order valence-corrected chi connectivity index (χ2v) is 1.95. The van der Waals surface area contributed by atoms with Gasteiger partial charge in [0.05, 0.1) is 0 Å². The van der Waals surface area contributed by atoms with E-state index in [0.29, 0.717) is 6.61 Å². The summed E-state index contributed by atoms with van der Waals surface area (Å²) in [5.74, 6) is 0. The Morgan fingerprint density at radius 2 is 1.57 bits per heavy atom. The zero-order chi connectivity index (χ0) is 6.12. The van der Waals surface area contributed by atoms with Gasteiger partial charge in [0.1, 0.15) is 0 Å². The second-order valence-electron chi connectivity index (χ2n) is 1.13. The van der Waals surface area contributed by atoms with Crippen LogP contribution >= 0.6 is 11.8 Å². The van der Waals surface area contributed by atoms with Gasteiger partial charge in [-0.2, -0.15) is 11.8 Å². The molecule has 7 heavy (non-hydrogen) atoms. The number of hydrogen-bond acceptors (Lipinski definition) is 2. The van der Waals surface area contributed by atoms with E-state index in [4.69, 9.17) is 5.11 Å². The monoisotopic (exact) mass is 122 g/mol. The molecule has 0 bridgehead atoms. The summed E-state index contributed by atoms with van der Waals surface area (Å²) in [6.07, 6.45) is 4.96. The van der Waals surface area contributed by atoms with Crippen molar-refractivity contribution < 1.29 is 5.11 Å². The smallest absolute Gasteiger partial charge is 0.0428 e. The molecular formula is C5H14OS. The first-order valence-corrected chi connectivity index (χ1v) is 3.97. The third-order valence-electron chi connectivity index (χ3n) is 0.224. The van der Waals surface area contributed by atoms with Gasteiger partial charge >= 0.3 is 0 Å². The average molecular weight is 122 g/mol. The van der Waals surface area contributed by atoms with E-state index in [1.807, 2.05) is 19.4 Å². The molecule has 0 heterocycles. The Kier molecular flexibility index (Phi) is 23.9. The minimum atomic E-state index is 0.319. The van der Waals surface area contributed by atoms with Gasteiger partial charge in [0.2, 0.25) is 0 Å². The minimum absolute atomic E-state index is 0.319. The Morgan fingerprint density at radius 3 is 1.57 bits per heavy atom. The molecule has 1 N–H and O–H groups in total. The summed E-state index contributed by atoms with van der Waals surface area (Å²) in [6, 6.07) is 0. The third-order valence-corrected chi connectivity index (χ3v) is 0.224. The molecule has 2 heteroatoms. The number of hydrogen-bond donors (Lipinski definition) is 1. The second kappa shape index (κ2) is 16.2. The fourth-order valence-electron chi connectivity index (χ4n) is 0. The van der Waals surface area contributed by atoms with Crippen molar-refractivity contribution in [3.8, 4) is 0 Å². The predicted octanol–water partition coefficient (Wildman–Crippen LogP) is 1.37. The standard InChI is InChI=1S/C3H8O.C2H6S/c1-2-3-4;1-3-2/h4H,2-3H2,1H3;1-2H3. The van der Waals surface area contributed by atoms with Crippen LogP contribution in [0.2, 0.25) is 0 Å². The van der Waals surface area contributed by atoms with Crippen LogP contribution in [0.5, 0.6) is 0 Å². The Hall–Kier alpha value is 0.310. The zero-order valence-electron chi connectivity index (χ0n) is 5.27. The van der Waals surface area contributed by atoms with E-state index >= 15 is 0 Å². The molecule has 1 nitrogen and oxygen atoms in total. The van der Waals surface area contributed by atoms with Crippen LogP contribution in [0, 0.1) is 0 Å². The fraction of sp³-hybridized carbons (Fsp3) is 1.00. The quantitative estimate of drug-likeness (QED) is 0.567. The molecule has 0 aliphatic rings. The highest BCUT2D eigenvalue weighted by atomic mass is 32.2. The van der Waals surface area contributed by atoms with Gasteiger partial charge in [-0.1, -0.05) is 6.92 Å². The highest BCUT2D eigenvalue weighted by Crippen LogP contribution is 1.70. The maximum atomic E-state index is 7.88. The van der Waals surface area contributed by atoms with Crippen LogP contribution in [0.4, 0.5) is 0 Å². The molecule has 0 aliphatic carbocycles. The highest BCUT2D eigenvalue weighted by Gasteiger charge is 1.57. The SMILES string of the molecule is CCCO.CSC. The number of aliphatic hydroxyl groups is 1. The molecule has 0 saturated carbocycles. The van der Waals surface area contributed by atoms with Crippen molar-refractivity contribution in [3.05, 3.63) is 0 Å². The summed E-state index contributed by atoms with van der Waals surface area (Å²) in [5, 5.41) is 7.88. The first-order valence-electron chi connectivity index (χ1n) is 2.34. The normalized spacial score (nSPS) is 6.86. The predicted molar refractivity (Wildman–Crippen MR) is 36.8 cm³/mol. The van der Waals surface area contributed by atoms with Crippen molar-refractivity contribution in [2.24, 2.45) is 0 Å². The molecule has 0 aliphatic heterocycles. The summed E-state index contributed by atoms with van der Waals surface area (Å²) in [6.45, 7) is 2.25. The van der Waals surface area contributed by atoms with Crippen LogP contribution in [-0.4, -0.2) is 24.2 Å². The molecule has 0 rings (SSSR count). The molecule has 46 valence electrons. The molecule has 0 radical (unpaired) electrons. The van der Waals surface area contributed by atoms with Crippen molar-refractivity contribution in [2.75, 3.05) is 19.1 Å². The lowest BCUT2D eigenvalue weighted by molar-refractivity contribution is 0.295. The van der Waals surface area contributed by atoms with Gasteiger partial charge in [0.15, 0.2) is 0 Å². The van der Waals surface area contributed by atoms with Crippen molar-refractivity contribution in [2.45, 2.75) is 13.3 Å². The molecule has 0 amide bonds. The third kappa shape index (κ3) is 68.3. The van der Waals surface area contributed by atoms with Crippen molar-refractivity contribution in [3.63, 3.8) is 0 Å². The summed E-state index contributed by atoms with van der Waals surface area (Å²) in [5.41, 5.74) is 0. The Bertz CT molecular complexity index is 15.6. The molecule has 0 saturated heterocycles. The van der Waals surface area contributed by atoms with Gasteiger partial charge in [-0.15, -0.1) is 0 Å². The average Bonchev–Trinajstić information content (AvgIpc) is 1.69. The Morgan fingerprint density at radius 1 is 1.43 bits per heavy atom. The maximum absolute atomic E-state index is 7.88. The Balaban J connectivity index is 0. The van der Waals surface area contributed by atoms with E-state index in [-0.39, 0.29) is 0 Å². The molecule has 0 unspecified atom stereocenters. The van der Waals surface area contributed by atoms with E-state index < -0.39 is 0 Å². The van der Waals surface area contributed by atoms with Crippen LogP contribution < -0.4 is 0 Å². The topological polar surface area (TPSA) is 20.2 Å². The first kappa shape index (κ1) is 10.3. The van der Waals surface area contributed by atoms with Gasteiger partial charge in [-0.05, 0) is 18.9 Å². The van der Waals surface area contributed by atoms with E-state index in [9.17, 15) is 0 Å². The summed E-state index contributed by atoms with van der Waals surface area (Å²) in [7, 11) is 0. The van der Waals surface area contributed by atoms with Crippen LogP contribution in [-0.2, 0) is 0 Å². The molecule has 0 aromatic carbocycles. The van der Waals surface area contributed by atoms with Crippen LogP contribution in [0.3, 0.4) is 0 Å². The van der Waals surface area contributed by atoms with Gasteiger partial charge in [0.25, 0.3) is 0 Å². The molecule has 0 atom stereocenters. The van der Waals surface area contributed by atoms with Crippen LogP contribution in [0.1, 0.15) is 13.3 Å². The minimum Gasteiger partial charge on any atom is -0.396 e. The Labute approximate surface area is 50.1 Å². The van der Waals surface area contributed by atoms with Crippen LogP contribution in [0.25, 0.3) is 0 Å². The first-order chi connectivity index (χ1) is 3.33. The zero-order valence-corrected chi connectivity index (χ0v) is 6.09. The highest BCUT2D eigenvalue weighted by molar-refractivity contribution is 7.97. The van der Waals surface area contributed by atoms with E-state index in [0.717, 1.165) is 6.42 Å². The molecule has 0 spiro atoms. The summed E-state index contributed by atoms with van der Waals surface area (Å²) in [4.78, 5) is 0. The lowest BCUT2D eigenvalue weighted by Gasteiger charge is -1.69. The molecule has 0 aromatic heterocycles. The fourth-order valence-corrected chi connectivity index (χ4v) is 0. The molecule has 0 fully saturated rings. The van der Waals surface area contributed by atoms with Gasteiger partial charge in [-0.25, -0.2) is 0 Å². The maximum Gasteiger partial charge on any atom is 0.0428 e. The van der Waals surface area contributed by atoms with E-state index in [1.54, 1.807) is 11.8 Å². The van der Waals surface area contributed by atoms with Gasteiger partial charge < -0.3 is 5.11 Å². The van der Waals surface area contributed by atoms with Crippen molar-refractivity contribution in [1.82, 2.24) is 0 Å². The summed E-state index contributed by atoms with van der Waals surface area (Å²) < 4.78 is 0. The number of thioether (sulfide) groups is 1. The van der Waals surface area contributed by atoms with Crippen LogP contribution in [0.15, 0.2) is 0 Å². The number of rotatable bonds is 1. The summed E-state index contributed by atoms with van der Waals surface area (Å²) >= 11 is 1.75. The lowest BCUT2D eigenvalue weighted by Crippen LogP contribution is -1.69. The van der Waals surface area contributed by atoms with Crippen molar-refractivity contribution >= 4 is 11.8 Å². The van der Waals surface area contributed by atoms with Gasteiger partial charge in [0, 0.05) is 6.61 Å². The van der Waals surface area contributed by atoms with Gasteiger partial charge in [-0.3, -0.25) is 0 Å². The molecule has 0 aromatic rings. The lowest BCUT2D eigenvalue weighted by atomic mass is 10.5. The largest absolute Gasteiger partial charge is 0.396 e. The van der Waals surface area contributed by atoms with E-state index in [1.165, 1.54) is 0 Å².